The number of H-pyrrole nitrogens is 1. The van der Waals surface area contributed by atoms with Crippen molar-refractivity contribution in [2.45, 2.75) is 0 Å². The van der Waals surface area contributed by atoms with Gasteiger partial charge in [-0.05, 0) is 36.4 Å². The van der Waals surface area contributed by atoms with Crippen LogP contribution in [0.5, 0.6) is 0 Å². The molecule has 3 aromatic rings. The first kappa shape index (κ1) is 18.1. The lowest BCUT2D eigenvalue weighted by atomic mass is 10.1. The average molecular weight is 414 g/mol. The second-order valence-corrected chi connectivity index (χ2v) is 7.84. The van der Waals surface area contributed by atoms with Gasteiger partial charge in [-0.3, -0.25) is 9.79 Å². The Morgan fingerprint density at radius 2 is 2.00 bits per heavy atom. The van der Waals surface area contributed by atoms with Crippen molar-refractivity contribution in [2.75, 3.05) is 49.6 Å². The number of carbonyl (C=O) groups excluding carboxylic acids is 1. The van der Waals surface area contributed by atoms with E-state index in [-0.39, 0.29) is 5.78 Å². The van der Waals surface area contributed by atoms with Gasteiger partial charge in [-0.2, -0.15) is 0 Å². The van der Waals surface area contributed by atoms with Crippen LogP contribution in [0.25, 0.3) is 11.0 Å². The molecular formula is C23H22N6O2. The van der Waals surface area contributed by atoms with Crippen LogP contribution in [0.3, 0.4) is 0 Å². The van der Waals surface area contributed by atoms with Crippen molar-refractivity contribution >= 4 is 34.0 Å². The molecule has 0 radical (unpaired) electrons. The molecule has 1 fully saturated rings. The van der Waals surface area contributed by atoms with Gasteiger partial charge < -0.3 is 24.8 Å². The lowest BCUT2D eigenvalue weighted by Gasteiger charge is -2.33. The highest BCUT2D eigenvalue weighted by molar-refractivity contribution is 6.11. The van der Waals surface area contributed by atoms with Crippen LogP contribution >= 0.6 is 0 Å². The van der Waals surface area contributed by atoms with Crippen LogP contribution in [0, 0.1) is 0 Å². The molecule has 4 heterocycles. The molecule has 3 aliphatic rings. The monoisotopic (exact) mass is 414 g/mol. The van der Waals surface area contributed by atoms with Crippen molar-refractivity contribution in [1.82, 2.24) is 14.9 Å². The number of nitrogens with one attached hydrogen (secondary N) is 2. The number of rotatable bonds is 3. The first-order valence-corrected chi connectivity index (χ1v) is 10.5. The topological polar surface area (TPSA) is 85.8 Å². The maximum atomic E-state index is 13.1. The summed E-state index contributed by atoms with van der Waals surface area (Å²) in [6.45, 7) is 4.71. The lowest BCUT2D eigenvalue weighted by molar-refractivity contribution is 0.104. The summed E-state index contributed by atoms with van der Waals surface area (Å²) in [5.41, 5.74) is 5.51. The number of ether oxygens (including phenoxy) is 1. The summed E-state index contributed by atoms with van der Waals surface area (Å²) >= 11 is 0. The number of allylic oxidation sites excluding steroid dienone is 1. The molecule has 1 aromatic heterocycles. The Bertz CT molecular complexity index is 1240. The van der Waals surface area contributed by atoms with Crippen LogP contribution in [-0.4, -0.2) is 65.9 Å². The molecule has 0 aliphatic carbocycles. The van der Waals surface area contributed by atoms with E-state index in [1.54, 1.807) is 12.4 Å². The fourth-order valence-electron chi connectivity index (χ4n) is 4.38. The summed E-state index contributed by atoms with van der Waals surface area (Å²) in [6, 6.07) is 11.9. The minimum Gasteiger partial charge on any atom is -0.378 e. The number of morpholine rings is 1. The number of anilines is 2. The van der Waals surface area contributed by atoms with E-state index in [9.17, 15) is 4.79 Å². The fourth-order valence-corrected chi connectivity index (χ4v) is 4.38. The Morgan fingerprint density at radius 3 is 2.90 bits per heavy atom. The fraction of sp³-hybridized carbons (Fsp3) is 0.261. The number of carbonyl (C=O) groups is 1. The predicted molar refractivity (Wildman–Crippen MR) is 120 cm³/mol. The Balaban J connectivity index is 1.34. The molecule has 1 saturated heterocycles. The van der Waals surface area contributed by atoms with E-state index in [1.807, 2.05) is 18.2 Å². The van der Waals surface area contributed by atoms with Crippen LogP contribution < -0.4 is 10.2 Å². The smallest absolute Gasteiger partial charge is 0.189 e. The second kappa shape index (κ2) is 7.24. The van der Waals surface area contributed by atoms with Gasteiger partial charge in [0, 0.05) is 42.5 Å². The molecule has 6 rings (SSSR count). The Labute approximate surface area is 179 Å². The molecule has 0 spiro atoms. The SMILES string of the molecule is O=C(C=C1Nc2cc(N3CCOCC3)ccc2C2=NCCN12)c1ccc2nc[nH]c2c1. The predicted octanol–water partition coefficient (Wildman–Crippen LogP) is 2.61. The highest BCUT2D eigenvalue weighted by atomic mass is 16.5. The largest absolute Gasteiger partial charge is 0.378 e. The number of hydrogen-bond donors (Lipinski definition) is 2. The molecular weight excluding hydrogens is 392 g/mol. The number of benzene rings is 2. The van der Waals surface area contributed by atoms with Gasteiger partial charge in [-0.25, -0.2) is 4.98 Å². The number of amidine groups is 1. The van der Waals surface area contributed by atoms with Gasteiger partial charge in [-0.1, -0.05) is 0 Å². The van der Waals surface area contributed by atoms with Crippen LogP contribution in [0.4, 0.5) is 11.4 Å². The van der Waals surface area contributed by atoms with Crippen molar-refractivity contribution in [3.05, 3.63) is 65.7 Å². The van der Waals surface area contributed by atoms with Crippen LogP contribution in [0.15, 0.2) is 59.6 Å². The van der Waals surface area contributed by atoms with Gasteiger partial charge in [0.15, 0.2) is 5.78 Å². The molecule has 0 saturated carbocycles. The van der Waals surface area contributed by atoms with E-state index >= 15 is 0 Å². The molecule has 2 N–H and O–H groups in total. The normalized spacial score (nSPS) is 19.2. The summed E-state index contributed by atoms with van der Waals surface area (Å²) in [5, 5.41) is 3.49. The zero-order valence-corrected chi connectivity index (χ0v) is 17.0. The number of fused-ring (bicyclic) bond motifs is 4. The number of imidazole rings is 1. The van der Waals surface area contributed by atoms with Crippen molar-refractivity contribution in [3.63, 3.8) is 0 Å². The molecule has 31 heavy (non-hydrogen) atoms. The molecule has 0 atom stereocenters. The number of nitrogens with zero attached hydrogens (tertiary/aromatic N) is 4. The molecule has 8 nitrogen and oxygen atoms in total. The number of aromatic nitrogens is 2. The van der Waals surface area contributed by atoms with E-state index < -0.39 is 0 Å². The lowest BCUT2D eigenvalue weighted by Crippen LogP contribution is -2.38. The zero-order valence-electron chi connectivity index (χ0n) is 17.0. The third kappa shape index (κ3) is 3.16. The van der Waals surface area contributed by atoms with E-state index in [0.717, 1.165) is 72.5 Å². The Morgan fingerprint density at radius 1 is 1.10 bits per heavy atom. The quantitative estimate of drug-likeness (QED) is 0.506. The first-order valence-electron chi connectivity index (χ1n) is 10.5. The maximum Gasteiger partial charge on any atom is 0.189 e. The second-order valence-electron chi connectivity index (χ2n) is 7.84. The summed E-state index contributed by atoms with van der Waals surface area (Å²) in [7, 11) is 0. The number of aliphatic imine (C=N–C) groups is 1. The number of aromatic amines is 1. The van der Waals surface area contributed by atoms with Gasteiger partial charge in [0.1, 0.15) is 11.7 Å². The van der Waals surface area contributed by atoms with Crippen LogP contribution in [0.1, 0.15) is 15.9 Å². The third-order valence-corrected chi connectivity index (χ3v) is 5.99. The molecule has 156 valence electrons. The Hall–Kier alpha value is -3.65. The van der Waals surface area contributed by atoms with E-state index in [0.29, 0.717) is 12.1 Å². The van der Waals surface area contributed by atoms with Crippen LogP contribution in [0.2, 0.25) is 0 Å². The summed E-state index contributed by atoms with van der Waals surface area (Å²) in [6.07, 6.45) is 3.30. The van der Waals surface area contributed by atoms with Crippen molar-refractivity contribution in [2.24, 2.45) is 4.99 Å². The minimum absolute atomic E-state index is 0.0574. The van der Waals surface area contributed by atoms with Crippen molar-refractivity contribution < 1.29 is 9.53 Å². The zero-order chi connectivity index (χ0) is 20.8. The molecule has 8 heteroatoms. The van der Waals surface area contributed by atoms with Crippen molar-refractivity contribution in [3.8, 4) is 0 Å². The van der Waals surface area contributed by atoms with E-state index in [2.05, 4.69) is 43.3 Å². The van der Waals surface area contributed by atoms with Gasteiger partial charge in [0.2, 0.25) is 0 Å². The third-order valence-electron chi connectivity index (χ3n) is 5.99. The highest BCUT2D eigenvalue weighted by Crippen LogP contribution is 2.33. The maximum absolute atomic E-state index is 13.1. The van der Waals surface area contributed by atoms with E-state index in [1.165, 1.54) is 0 Å². The standard InChI is InChI=1S/C23H22N6O2/c30-21(15-1-4-18-20(11-15)26-14-25-18)13-22-27-19-12-16(28-7-9-31-10-8-28)2-3-17(19)23-24-5-6-29(22)23/h1-4,11-14,27H,5-10H2,(H,25,26). The molecule has 2 aromatic carbocycles. The Kier molecular flexibility index (Phi) is 4.24. The molecule has 0 amide bonds. The highest BCUT2D eigenvalue weighted by Gasteiger charge is 2.30. The van der Waals surface area contributed by atoms with Gasteiger partial charge >= 0.3 is 0 Å². The molecule has 0 unspecified atom stereocenters. The first-order chi connectivity index (χ1) is 15.3. The van der Waals surface area contributed by atoms with Crippen LogP contribution in [-0.2, 0) is 4.74 Å². The van der Waals surface area contributed by atoms with Gasteiger partial charge in [-0.15, -0.1) is 0 Å². The molecule has 0 bridgehead atoms. The van der Waals surface area contributed by atoms with Gasteiger partial charge in [0.25, 0.3) is 0 Å². The number of ketones is 1. The summed E-state index contributed by atoms with van der Waals surface area (Å²) < 4.78 is 5.48. The molecule has 3 aliphatic heterocycles. The number of hydrogen-bond acceptors (Lipinski definition) is 7. The summed E-state index contributed by atoms with van der Waals surface area (Å²) in [4.78, 5) is 29.5. The summed E-state index contributed by atoms with van der Waals surface area (Å²) in [5.74, 6) is 1.63. The van der Waals surface area contributed by atoms with Crippen molar-refractivity contribution in [1.29, 1.82) is 0 Å². The average Bonchev–Trinajstić information content (AvgIpc) is 3.49. The minimum atomic E-state index is -0.0574. The van der Waals surface area contributed by atoms with E-state index in [4.69, 9.17) is 9.73 Å². The van der Waals surface area contributed by atoms with Gasteiger partial charge in [0.05, 0.1) is 42.8 Å².